The van der Waals surface area contributed by atoms with E-state index in [0.717, 1.165) is 5.02 Å². The van der Waals surface area contributed by atoms with Gasteiger partial charge < -0.3 is 0 Å². The van der Waals surface area contributed by atoms with Crippen molar-refractivity contribution in [3.63, 3.8) is 0 Å². The van der Waals surface area contributed by atoms with Gasteiger partial charge in [0.2, 0.25) is 0 Å². The zero-order valence-electron chi connectivity index (χ0n) is 6.58. The largest absolute Gasteiger partial charge is 0.240 e. The second kappa shape index (κ2) is 7.54. The molecule has 0 radical (unpaired) electrons. The van der Waals surface area contributed by atoms with Crippen LogP contribution >= 0.6 is 11.6 Å². The summed E-state index contributed by atoms with van der Waals surface area (Å²) in [5.41, 5.74) is 0. The fraction of sp³-hybridized carbons (Fsp3) is 0.250. The first-order valence-electron chi connectivity index (χ1n) is 3.08. The first kappa shape index (κ1) is 10.4. The van der Waals surface area contributed by atoms with Crippen LogP contribution in [0, 0.1) is 0 Å². The summed E-state index contributed by atoms with van der Waals surface area (Å²) in [6.45, 7) is 0. The Morgan fingerprint density at radius 2 is 1.45 bits per heavy atom. The van der Waals surface area contributed by atoms with Crippen LogP contribution in [0.4, 0.5) is 0 Å². The summed E-state index contributed by atoms with van der Waals surface area (Å²) in [5, 5.41) is 0.794. The molecule has 0 bridgehead atoms. The molecule has 0 saturated heterocycles. The normalized spacial score (nSPS) is 8.27. The number of rotatable bonds is 1. The zero-order valence-corrected chi connectivity index (χ0v) is 7.34. The maximum atomic E-state index is 5.54. The quantitative estimate of drug-likeness (QED) is 0.481. The summed E-state index contributed by atoms with van der Waals surface area (Å²) >= 11 is 5.54. The van der Waals surface area contributed by atoms with Crippen LogP contribution in [0.15, 0.2) is 30.3 Å². The van der Waals surface area contributed by atoms with Crippen molar-refractivity contribution in [2.75, 3.05) is 14.2 Å². The van der Waals surface area contributed by atoms with Gasteiger partial charge >= 0.3 is 0 Å². The summed E-state index contributed by atoms with van der Waals surface area (Å²) in [4.78, 5) is 8.08. The van der Waals surface area contributed by atoms with E-state index in [2.05, 4.69) is 9.78 Å². The van der Waals surface area contributed by atoms with E-state index >= 15 is 0 Å². The Hall–Kier alpha value is -0.570. The highest BCUT2D eigenvalue weighted by Crippen LogP contribution is 2.03. The first-order valence-corrected chi connectivity index (χ1v) is 3.46. The predicted molar refractivity (Wildman–Crippen MR) is 45.5 cm³/mol. The van der Waals surface area contributed by atoms with Crippen molar-refractivity contribution in [1.29, 1.82) is 0 Å². The molecule has 1 rings (SSSR count). The van der Waals surface area contributed by atoms with Gasteiger partial charge in [-0.3, -0.25) is 0 Å². The molecule has 0 heterocycles. The fourth-order valence-electron chi connectivity index (χ4n) is 0.415. The van der Waals surface area contributed by atoms with Gasteiger partial charge in [-0.15, -0.1) is 0 Å². The molecular weight excluding hydrogens is 164 g/mol. The van der Waals surface area contributed by atoms with Crippen molar-refractivity contribution in [2.45, 2.75) is 0 Å². The summed E-state index contributed by atoms with van der Waals surface area (Å²) in [6, 6.07) is 9.44. The molecule has 2 nitrogen and oxygen atoms in total. The third-order valence-electron chi connectivity index (χ3n) is 0.900. The smallest absolute Gasteiger partial charge is 0.0712 e. The van der Waals surface area contributed by atoms with E-state index in [1.165, 1.54) is 14.2 Å². The van der Waals surface area contributed by atoms with Gasteiger partial charge in [0, 0.05) is 5.02 Å². The van der Waals surface area contributed by atoms with Crippen molar-refractivity contribution in [3.05, 3.63) is 35.4 Å². The Bertz CT molecular complexity index is 163. The Labute approximate surface area is 71.6 Å². The Kier molecular flexibility index (Phi) is 7.15. The zero-order chi connectivity index (χ0) is 8.53. The molecule has 11 heavy (non-hydrogen) atoms. The van der Waals surface area contributed by atoms with E-state index < -0.39 is 0 Å². The van der Waals surface area contributed by atoms with E-state index in [1.807, 2.05) is 30.3 Å². The van der Waals surface area contributed by atoms with Crippen LogP contribution < -0.4 is 0 Å². The Balaban J connectivity index is 0.000000218. The molecular formula is C8H11ClO2. The number of hydrogen-bond acceptors (Lipinski definition) is 2. The molecule has 0 saturated carbocycles. The molecule has 0 amide bonds. The lowest BCUT2D eigenvalue weighted by Crippen LogP contribution is -1.72. The SMILES string of the molecule is COOC.Clc1ccccc1. The molecule has 0 unspecified atom stereocenters. The topological polar surface area (TPSA) is 18.5 Å². The van der Waals surface area contributed by atoms with E-state index in [1.54, 1.807) is 0 Å². The van der Waals surface area contributed by atoms with E-state index in [4.69, 9.17) is 11.6 Å². The van der Waals surface area contributed by atoms with Crippen LogP contribution in [-0.2, 0) is 9.78 Å². The van der Waals surface area contributed by atoms with Crippen molar-refractivity contribution >= 4 is 11.6 Å². The fourth-order valence-corrected chi connectivity index (χ4v) is 0.560. The molecule has 0 aliphatic heterocycles. The molecule has 0 N–H and O–H groups in total. The summed E-state index contributed by atoms with van der Waals surface area (Å²) in [7, 11) is 2.92. The molecule has 1 aromatic carbocycles. The lowest BCUT2D eigenvalue weighted by atomic mass is 10.4. The maximum Gasteiger partial charge on any atom is 0.0712 e. The molecule has 0 aliphatic carbocycles. The molecule has 0 aliphatic rings. The average molecular weight is 175 g/mol. The second-order valence-corrected chi connectivity index (χ2v) is 2.07. The Morgan fingerprint density at radius 3 is 1.64 bits per heavy atom. The highest BCUT2D eigenvalue weighted by Gasteiger charge is 1.74. The van der Waals surface area contributed by atoms with Crippen LogP contribution in [0.1, 0.15) is 0 Å². The standard InChI is InChI=1S/C6H5Cl.C2H6O2/c7-6-4-2-1-3-5-6;1-3-4-2/h1-5H;1-2H3. The summed E-state index contributed by atoms with van der Waals surface area (Å²) in [6.07, 6.45) is 0. The number of benzene rings is 1. The number of halogens is 1. The monoisotopic (exact) mass is 174 g/mol. The summed E-state index contributed by atoms with van der Waals surface area (Å²) < 4.78 is 0. The van der Waals surface area contributed by atoms with Crippen molar-refractivity contribution in [1.82, 2.24) is 0 Å². The third kappa shape index (κ3) is 7.33. The maximum absolute atomic E-state index is 5.54. The van der Waals surface area contributed by atoms with Crippen LogP contribution in [0.2, 0.25) is 5.02 Å². The minimum absolute atomic E-state index is 0.794. The van der Waals surface area contributed by atoms with Gasteiger partial charge in [0.05, 0.1) is 14.2 Å². The number of hydrogen-bond donors (Lipinski definition) is 0. The van der Waals surface area contributed by atoms with Gasteiger partial charge in [-0.25, -0.2) is 9.78 Å². The van der Waals surface area contributed by atoms with Crippen LogP contribution in [0.3, 0.4) is 0 Å². The average Bonchev–Trinajstić information content (AvgIpc) is 2.07. The van der Waals surface area contributed by atoms with Gasteiger partial charge in [-0.2, -0.15) is 0 Å². The van der Waals surface area contributed by atoms with Crippen LogP contribution in [-0.4, -0.2) is 14.2 Å². The molecule has 0 fully saturated rings. The van der Waals surface area contributed by atoms with Gasteiger partial charge in [-0.05, 0) is 12.1 Å². The predicted octanol–water partition coefficient (Wildman–Crippen LogP) is 2.53. The van der Waals surface area contributed by atoms with Gasteiger partial charge in [0.25, 0.3) is 0 Å². The van der Waals surface area contributed by atoms with E-state index in [0.29, 0.717) is 0 Å². The first-order chi connectivity index (χ1) is 5.31. The van der Waals surface area contributed by atoms with E-state index in [9.17, 15) is 0 Å². The highest BCUT2D eigenvalue weighted by molar-refractivity contribution is 6.30. The van der Waals surface area contributed by atoms with Gasteiger partial charge in [0.1, 0.15) is 0 Å². The van der Waals surface area contributed by atoms with Crippen molar-refractivity contribution < 1.29 is 9.78 Å². The lowest BCUT2D eigenvalue weighted by molar-refractivity contribution is -0.248. The Morgan fingerprint density at radius 1 is 1.00 bits per heavy atom. The lowest BCUT2D eigenvalue weighted by Gasteiger charge is -1.80. The van der Waals surface area contributed by atoms with Crippen LogP contribution in [0.5, 0.6) is 0 Å². The molecule has 0 atom stereocenters. The van der Waals surface area contributed by atoms with Crippen molar-refractivity contribution in [3.8, 4) is 0 Å². The highest BCUT2D eigenvalue weighted by atomic mass is 35.5. The third-order valence-corrected chi connectivity index (χ3v) is 1.15. The minimum Gasteiger partial charge on any atom is -0.240 e. The molecule has 62 valence electrons. The summed E-state index contributed by atoms with van der Waals surface area (Å²) in [5.74, 6) is 0. The molecule has 0 spiro atoms. The molecule has 0 aromatic heterocycles. The van der Waals surface area contributed by atoms with E-state index in [-0.39, 0.29) is 0 Å². The minimum atomic E-state index is 0.794. The molecule has 1 aromatic rings. The van der Waals surface area contributed by atoms with Gasteiger partial charge in [-0.1, -0.05) is 29.8 Å². The second-order valence-electron chi connectivity index (χ2n) is 1.63. The van der Waals surface area contributed by atoms with Gasteiger partial charge in [0.15, 0.2) is 0 Å². The van der Waals surface area contributed by atoms with Crippen LogP contribution in [0.25, 0.3) is 0 Å². The van der Waals surface area contributed by atoms with Crippen molar-refractivity contribution in [2.24, 2.45) is 0 Å². The molecule has 3 heteroatoms.